The van der Waals surface area contributed by atoms with Crippen LogP contribution in [0.15, 0.2) is 18.2 Å². The number of amides is 1. The summed E-state index contributed by atoms with van der Waals surface area (Å²) in [4.78, 5) is 29.6. The molecule has 0 saturated heterocycles. The fourth-order valence-electron chi connectivity index (χ4n) is 5.62. The van der Waals surface area contributed by atoms with E-state index in [9.17, 15) is 9.59 Å². The molecule has 1 aliphatic heterocycles. The molecule has 4 rings (SSSR count). The van der Waals surface area contributed by atoms with Gasteiger partial charge in [0.2, 0.25) is 0 Å². The van der Waals surface area contributed by atoms with Crippen LogP contribution >= 0.6 is 11.8 Å². The first kappa shape index (κ1) is 25.0. The number of carbonyl (C=O) groups excluding carboxylic acids is 2. The van der Waals surface area contributed by atoms with Crippen LogP contribution in [-0.2, 0) is 11.3 Å². The average molecular weight is 487 g/mol. The number of ketones is 1. The third-order valence-corrected chi connectivity index (χ3v) is 8.79. The first-order chi connectivity index (χ1) is 16.4. The van der Waals surface area contributed by atoms with E-state index in [2.05, 4.69) is 6.92 Å². The molecule has 1 aliphatic carbocycles. The predicted octanol–water partition coefficient (Wildman–Crippen LogP) is 5.56. The van der Waals surface area contributed by atoms with Crippen LogP contribution in [-0.4, -0.2) is 59.0 Å². The first-order valence-corrected chi connectivity index (χ1v) is 13.8. The van der Waals surface area contributed by atoms with Gasteiger partial charge in [-0.25, -0.2) is 0 Å². The topological polar surface area (TPSA) is 60.8 Å². The highest BCUT2D eigenvalue weighted by Crippen LogP contribution is 2.41. The maximum atomic E-state index is 13.9. The molecule has 1 fully saturated rings. The highest BCUT2D eigenvalue weighted by Gasteiger charge is 2.47. The molecule has 0 N–H and O–H groups in total. The molecule has 1 aromatic carbocycles. The molecule has 186 valence electrons. The second-order valence-corrected chi connectivity index (χ2v) is 11.0. The van der Waals surface area contributed by atoms with Gasteiger partial charge in [0, 0.05) is 18.4 Å². The quantitative estimate of drug-likeness (QED) is 0.390. The normalized spacial score (nSPS) is 20.7. The Bertz CT molecular complexity index is 1040. The molecule has 1 saturated carbocycles. The van der Waals surface area contributed by atoms with E-state index < -0.39 is 5.54 Å². The zero-order chi connectivity index (χ0) is 24.3. The van der Waals surface area contributed by atoms with Crippen molar-refractivity contribution < 1.29 is 19.1 Å². The fourth-order valence-corrected chi connectivity index (χ4v) is 6.44. The summed E-state index contributed by atoms with van der Waals surface area (Å²) >= 11 is 1.92. The summed E-state index contributed by atoms with van der Waals surface area (Å²) < 4.78 is 13.3. The van der Waals surface area contributed by atoms with Gasteiger partial charge in [0.25, 0.3) is 5.91 Å². The van der Waals surface area contributed by atoms with Gasteiger partial charge in [0.15, 0.2) is 5.78 Å². The fraction of sp³-hybridized carbons (Fsp3) is 0.630. The van der Waals surface area contributed by atoms with E-state index in [4.69, 9.17) is 9.47 Å². The van der Waals surface area contributed by atoms with E-state index in [1.54, 1.807) is 14.2 Å². The highest BCUT2D eigenvalue weighted by atomic mass is 32.2. The van der Waals surface area contributed by atoms with Crippen LogP contribution < -0.4 is 9.47 Å². The lowest BCUT2D eigenvalue weighted by molar-refractivity contribution is -0.131. The Labute approximate surface area is 207 Å². The van der Waals surface area contributed by atoms with Crippen LogP contribution in [0, 0.1) is 5.92 Å². The van der Waals surface area contributed by atoms with E-state index in [0.29, 0.717) is 42.6 Å². The van der Waals surface area contributed by atoms with E-state index in [1.165, 1.54) is 12.8 Å². The number of rotatable bonds is 11. The smallest absolute Gasteiger partial charge is 0.271 e. The standard InChI is InChI=1S/C27H38N2O4S/c1-5-14-34-15-8-13-29-26(31)21-17-20-22(32-3)11-12-23(33-4)25(20)28(21)18-27(29,2)24(30)16-19-9-6-7-10-19/h11-12,17,19H,5-10,13-16,18H2,1-4H3. The second-order valence-electron chi connectivity index (χ2n) is 9.82. The summed E-state index contributed by atoms with van der Waals surface area (Å²) in [6.07, 6.45) is 7.23. The predicted molar refractivity (Wildman–Crippen MR) is 138 cm³/mol. The van der Waals surface area contributed by atoms with Crippen molar-refractivity contribution in [3.63, 3.8) is 0 Å². The number of benzene rings is 1. The van der Waals surface area contributed by atoms with Crippen LogP contribution in [0.25, 0.3) is 10.9 Å². The Morgan fingerprint density at radius 3 is 2.53 bits per heavy atom. The van der Waals surface area contributed by atoms with Crippen molar-refractivity contribution in [1.29, 1.82) is 0 Å². The lowest BCUT2D eigenvalue weighted by Crippen LogP contribution is -2.61. The Hall–Kier alpha value is -2.15. The van der Waals surface area contributed by atoms with Crippen molar-refractivity contribution in [3.05, 3.63) is 23.9 Å². The third-order valence-electron chi connectivity index (χ3n) is 7.52. The van der Waals surface area contributed by atoms with Gasteiger partial charge in [-0.2, -0.15) is 11.8 Å². The number of thioether (sulfide) groups is 1. The van der Waals surface area contributed by atoms with Crippen LogP contribution in [0.5, 0.6) is 11.5 Å². The van der Waals surface area contributed by atoms with Gasteiger partial charge in [0.05, 0.1) is 26.3 Å². The molecule has 6 nitrogen and oxygen atoms in total. The summed E-state index contributed by atoms with van der Waals surface area (Å²) in [5, 5.41) is 0.844. The SMILES string of the molecule is CCCSCCCN1C(=O)c2cc3c(OC)ccc(OC)c3n2CC1(C)C(=O)CC1CCCC1. The maximum absolute atomic E-state index is 13.9. The van der Waals surface area contributed by atoms with Gasteiger partial charge in [-0.05, 0) is 55.4 Å². The number of hydrogen-bond donors (Lipinski definition) is 0. The van der Waals surface area contributed by atoms with Gasteiger partial charge in [-0.1, -0.05) is 32.6 Å². The van der Waals surface area contributed by atoms with Crippen molar-refractivity contribution in [1.82, 2.24) is 9.47 Å². The number of methoxy groups -OCH3 is 2. The second kappa shape index (κ2) is 10.6. The Morgan fingerprint density at radius 2 is 1.85 bits per heavy atom. The molecular weight excluding hydrogens is 448 g/mol. The van der Waals surface area contributed by atoms with E-state index in [-0.39, 0.29) is 11.7 Å². The molecule has 0 spiro atoms. The zero-order valence-electron chi connectivity index (χ0n) is 21.0. The van der Waals surface area contributed by atoms with E-state index in [1.807, 2.05) is 46.4 Å². The van der Waals surface area contributed by atoms with E-state index in [0.717, 1.165) is 48.1 Å². The Kier molecular flexibility index (Phi) is 7.80. The largest absolute Gasteiger partial charge is 0.496 e. The highest BCUT2D eigenvalue weighted by molar-refractivity contribution is 7.99. The molecule has 0 radical (unpaired) electrons. The number of aromatic nitrogens is 1. The number of ether oxygens (including phenoxy) is 2. The van der Waals surface area contributed by atoms with Crippen molar-refractivity contribution >= 4 is 34.4 Å². The minimum atomic E-state index is -0.873. The third kappa shape index (κ3) is 4.56. The van der Waals surface area contributed by atoms with Gasteiger partial charge in [-0.3, -0.25) is 9.59 Å². The van der Waals surface area contributed by atoms with E-state index >= 15 is 0 Å². The lowest BCUT2D eigenvalue weighted by Gasteiger charge is -2.45. The molecule has 1 aromatic heterocycles. The van der Waals surface area contributed by atoms with Crippen LogP contribution in [0.1, 0.15) is 69.3 Å². The molecule has 2 aliphatic rings. The first-order valence-electron chi connectivity index (χ1n) is 12.6. The molecule has 1 amide bonds. The van der Waals surface area contributed by atoms with Crippen LogP contribution in [0.2, 0.25) is 0 Å². The molecule has 2 aromatic rings. The average Bonchev–Trinajstić information content (AvgIpc) is 3.48. The minimum Gasteiger partial charge on any atom is -0.496 e. The monoisotopic (exact) mass is 486 g/mol. The molecule has 0 bridgehead atoms. The summed E-state index contributed by atoms with van der Waals surface area (Å²) in [6, 6.07) is 5.64. The summed E-state index contributed by atoms with van der Waals surface area (Å²) in [7, 11) is 3.27. The maximum Gasteiger partial charge on any atom is 0.271 e. The van der Waals surface area contributed by atoms with Crippen LogP contribution in [0.4, 0.5) is 0 Å². The van der Waals surface area contributed by atoms with Gasteiger partial charge in [0.1, 0.15) is 22.7 Å². The molecule has 7 heteroatoms. The van der Waals surface area contributed by atoms with Gasteiger partial charge >= 0.3 is 0 Å². The van der Waals surface area contributed by atoms with Crippen molar-refractivity contribution in [3.8, 4) is 11.5 Å². The zero-order valence-corrected chi connectivity index (χ0v) is 21.8. The number of hydrogen-bond acceptors (Lipinski definition) is 5. The van der Waals surface area contributed by atoms with Crippen molar-refractivity contribution in [2.24, 2.45) is 5.92 Å². The van der Waals surface area contributed by atoms with Crippen molar-refractivity contribution in [2.75, 3.05) is 32.3 Å². The Balaban J connectivity index is 1.73. The van der Waals surface area contributed by atoms with Gasteiger partial charge < -0.3 is 18.9 Å². The lowest BCUT2D eigenvalue weighted by atomic mass is 9.85. The minimum absolute atomic E-state index is 0.0747. The van der Waals surface area contributed by atoms with Gasteiger partial charge in [-0.15, -0.1) is 0 Å². The van der Waals surface area contributed by atoms with Crippen LogP contribution in [0.3, 0.4) is 0 Å². The molecule has 34 heavy (non-hydrogen) atoms. The number of Topliss-reactive ketones (excluding diaryl/α,β-unsaturated/α-hetero) is 1. The summed E-state index contributed by atoms with van der Waals surface area (Å²) in [5.74, 6) is 4.06. The Morgan fingerprint density at radius 1 is 1.15 bits per heavy atom. The molecule has 1 atom stereocenters. The van der Waals surface area contributed by atoms with Crippen molar-refractivity contribution in [2.45, 2.75) is 70.9 Å². The molecule has 1 unspecified atom stereocenters. The summed E-state index contributed by atoms with van der Waals surface area (Å²) in [5.41, 5.74) is 0.552. The number of nitrogens with zero attached hydrogens (tertiary/aromatic N) is 2. The number of fused-ring (bicyclic) bond motifs is 3. The molecular formula is C27H38N2O4S. The molecule has 2 heterocycles. The summed E-state index contributed by atoms with van der Waals surface area (Å²) in [6.45, 7) is 5.19. The number of carbonyl (C=O) groups is 2.